The van der Waals surface area contributed by atoms with Crippen molar-refractivity contribution in [1.29, 1.82) is 0 Å². The number of hydrogen-bond donors (Lipinski definition) is 0. The van der Waals surface area contributed by atoms with E-state index in [1.54, 1.807) is 0 Å². The Bertz CT molecular complexity index is 4200. The van der Waals surface area contributed by atoms with Crippen LogP contribution in [0.3, 0.4) is 0 Å². The Morgan fingerprint density at radius 3 is 1.56 bits per heavy atom. The molecule has 2 heterocycles. The fourth-order valence-corrected chi connectivity index (χ4v) is 10.9. The Labute approximate surface area is 362 Å². The van der Waals surface area contributed by atoms with E-state index in [0.29, 0.717) is 0 Å². The molecule has 0 atom stereocenters. The van der Waals surface area contributed by atoms with Crippen LogP contribution < -0.4 is 0 Å². The highest BCUT2D eigenvalue weighted by Gasteiger charge is 2.20. The Balaban J connectivity index is 1.02. The fourth-order valence-electron chi connectivity index (χ4n) is 10.9. The van der Waals surface area contributed by atoms with Gasteiger partial charge in [0, 0.05) is 34.4 Å². The summed E-state index contributed by atoms with van der Waals surface area (Å²) in [6.07, 6.45) is 3.77. The Hall–Kier alpha value is -8.33. The lowest BCUT2D eigenvalue weighted by Crippen LogP contribution is -1.94. The molecule has 0 aliphatic rings. The van der Waals surface area contributed by atoms with Gasteiger partial charge in [-0.25, -0.2) is 0 Å². The van der Waals surface area contributed by atoms with E-state index in [0.717, 1.165) is 11.3 Å². The van der Waals surface area contributed by atoms with Crippen molar-refractivity contribution in [1.82, 2.24) is 9.55 Å². The van der Waals surface area contributed by atoms with Crippen LogP contribution >= 0.6 is 0 Å². The van der Waals surface area contributed by atoms with Crippen LogP contribution in [0.25, 0.3) is 136 Å². The van der Waals surface area contributed by atoms with Crippen LogP contribution in [0.2, 0.25) is 0 Å². The van der Waals surface area contributed by atoms with E-state index in [4.69, 9.17) is 0 Å². The summed E-state index contributed by atoms with van der Waals surface area (Å²) in [7, 11) is 0. The zero-order valence-corrected chi connectivity index (χ0v) is 34.2. The molecule has 0 amide bonds. The quantitative estimate of drug-likeness (QED) is 0.162. The van der Waals surface area contributed by atoms with E-state index in [9.17, 15) is 0 Å². The fraction of sp³-hybridized carbons (Fsp3) is 0. The smallest absolute Gasteiger partial charge is 0.0547 e. The molecule has 0 saturated heterocycles. The van der Waals surface area contributed by atoms with Crippen LogP contribution in [0.1, 0.15) is 0 Å². The van der Waals surface area contributed by atoms with Gasteiger partial charge in [-0.2, -0.15) is 0 Å². The molecule has 14 aromatic rings. The first-order chi connectivity index (χ1) is 31.2. The van der Waals surface area contributed by atoms with Crippen molar-refractivity contribution < 1.29 is 0 Å². The van der Waals surface area contributed by atoms with Crippen LogP contribution in [0.15, 0.2) is 219 Å². The SMILES string of the molecule is c1cncc(-c2cccc(-c3ccc4ccc5c(-c6ccc7c(c6)c6cc8c9ccccc9c9ccccc9c8cc6n7-c6ccc7ccccc7c6)ccc6ccc3c4c65)c2)c1. The topological polar surface area (TPSA) is 17.8 Å². The normalized spacial score (nSPS) is 12.1. The largest absolute Gasteiger partial charge is 0.309 e. The van der Waals surface area contributed by atoms with Gasteiger partial charge in [0.25, 0.3) is 0 Å². The van der Waals surface area contributed by atoms with Crippen molar-refractivity contribution in [2.45, 2.75) is 0 Å². The number of nitrogens with zero attached hydrogens (tertiary/aromatic N) is 2. The Morgan fingerprint density at radius 2 is 0.857 bits per heavy atom. The number of pyridine rings is 1. The molecule has 0 spiro atoms. The first kappa shape index (κ1) is 34.4. The molecular formula is C61H36N2. The van der Waals surface area contributed by atoms with Crippen LogP contribution in [-0.2, 0) is 0 Å². The standard InChI is InChI=1S/C61H36N2/c1-2-10-41-32-45(24-18-37(41)9-1)63-58-29-23-43(33-56(58)57-34-54-50-16-5-3-14-48(50)49-15-4-6-17-51(49)55(54)35-59(57)63)47-26-20-39-21-27-52-46(25-19-38-22-28-53(47)61(39)60(38)52)42-12-7-11-40(31-42)44-13-8-30-62-36-44/h1-36H. The van der Waals surface area contributed by atoms with Gasteiger partial charge in [0.2, 0.25) is 0 Å². The minimum atomic E-state index is 1.12. The summed E-state index contributed by atoms with van der Waals surface area (Å²) >= 11 is 0. The van der Waals surface area contributed by atoms with Crippen molar-refractivity contribution in [3.63, 3.8) is 0 Å². The van der Waals surface area contributed by atoms with E-state index in [-0.39, 0.29) is 0 Å². The van der Waals surface area contributed by atoms with E-state index in [1.165, 1.54) is 125 Å². The average Bonchev–Trinajstić information content (AvgIpc) is 3.67. The van der Waals surface area contributed by atoms with Crippen LogP contribution in [0.4, 0.5) is 0 Å². The second kappa shape index (κ2) is 13.1. The second-order valence-corrected chi connectivity index (χ2v) is 17.1. The molecule has 0 bridgehead atoms. The average molecular weight is 797 g/mol. The molecule has 63 heavy (non-hydrogen) atoms. The molecule has 0 fully saturated rings. The van der Waals surface area contributed by atoms with E-state index >= 15 is 0 Å². The van der Waals surface area contributed by atoms with Gasteiger partial charge in [-0.3, -0.25) is 4.98 Å². The van der Waals surface area contributed by atoms with Crippen LogP contribution in [0, 0.1) is 0 Å². The maximum atomic E-state index is 4.39. The molecule has 2 heteroatoms. The van der Waals surface area contributed by atoms with Crippen molar-refractivity contribution in [2.75, 3.05) is 0 Å². The molecule has 12 aromatic carbocycles. The Morgan fingerprint density at radius 1 is 0.286 bits per heavy atom. The Kier molecular flexibility index (Phi) is 7.14. The number of fused-ring (bicyclic) bond motifs is 10. The molecule has 0 N–H and O–H groups in total. The van der Waals surface area contributed by atoms with Crippen molar-refractivity contribution in [2.24, 2.45) is 0 Å². The van der Waals surface area contributed by atoms with E-state index < -0.39 is 0 Å². The molecule has 14 rings (SSSR count). The minimum absolute atomic E-state index is 1.12. The third kappa shape index (κ3) is 5.04. The number of hydrogen-bond acceptors (Lipinski definition) is 1. The molecule has 2 nitrogen and oxygen atoms in total. The number of benzene rings is 12. The van der Waals surface area contributed by atoms with Gasteiger partial charge in [-0.15, -0.1) is 0 Å². The molecule has 0 aliphatic carbocycles. The highest BCUT2D eigenvalue weighted by atomic mass is 15.0. The lowest BCUT2D eigenvalue weighted by molar-refractivity contribution is 1.19. The molecule has 290 valence electrons. The van der Waals surface area contributed by atoms with Crippen molar-refractivity contribution in [3.05, 3.63) is 219 Å². The zero-order valence-electron chi connectivity index (χ0n) is 34.2. The maximum Gasteiger partial charge on any atom is 0.0547 e. The minimum Gasteiger partial charge on any atom is -0.309 e. The monoisotopic (exact) mass is 796 g/mol. The van der Waals surface area contributed by atoms with E-state index in [2.05, 4.69) is 210 Å². The van der Waals surface area contributed by atoms with Crippen molar-refractivity contribution >= 4 is 97.2 Å². The first-order valence-corrected chi connectivity index (χ1v) is 21.8. The van der Waals surface area contributed by atoms with Crippen LogP contribution in [0.5, 0.6) is 0 Å². The summed E-state index contributed by atoms with van der Waals surface area (Å²) in [6, 6.07) is 76.9. The summed E-state index contributed by atoms with van der Waals surface area (Å²) in [6.45, 7) is 0. The van der Waals surface area contributed by atoms with Gasteiger partial charge in [-0.05, 0) is 152 Å². The summed E-state index contributed by atoms with van der Waals surface area (Å²) in [4.78, 5) is 4.39. The molecular weight excluding hydrogens is 761 g/mol. The number of rotatable bonds is 4. The highest BCUT2D eigenvalue weighted by molar-refractivity contribution is 6.30. The first-order valence-electron chi connectivity index (χ1n) is 21.8. The van der Waals surface area contributed by atoms with Gasteiger partial charge in [0.1, 0.15) is 0 Å². The van der Waals surface area contributed by atoms with Gasteiger partial charge in [0.05, 0.1) is 11.0 Å². The van der Waals surface area contributed by atoms with Crippen LogP contribution in [-0.4, -0.2) is 9.55 Å². The number of aromatic nitrogens is 2. The molecule has 0 saturated carbocycles. The zero-order chi connectivity index (χ0) is 41.2. The lowest BCUT2D eigenvalue weighted by atomic mass is 9.87. The lowest BCUT2D eigenvalue weighted by Gasteiger charge is -2.17. The maximum absolute atomic E-state index is 4.39. The third-order valence-corrected chi connectivity index (χ3v) is 13.8. The summed E-state index contributed by atoms with van der Waals surface area (Å²) in [5, 5.41) is 20.4. The van der Waals surface area contributed by atoms with Gasteiger partial charge >= 0.3 is 0 Å². The van der Waals surface area contributed by atoms with Gasteiger partial charge < -0.3 is 4.57 Å². The molecule has 2 aromatic heterocycles. The summed E-state index contributed by atoms with van der Waals surface area (Å²) in [5.74, 6) is 0. The predicted octanol–water partition coefficient (Wildman–Crippen LogP) is 16.7. The summed E-state index contributed by atoms with van der Waals surface area (Å²) < 4.78 is 2.49. The van der Waals surface area contributed by atoms with Gasteiger partial charge in [0.15, 0.2) is 0 Å². The molecule has 0 aliphatic heterocycles. The van der Waals surface area contributed by atoms with E-state index in [1.807, 2.05) is 18.5 Å². The summed E-state index contributed by atoms with van der Waals surface area (Å²) in [5.41, 5.74) is 10.8. The highest BCUT2D eigenvalue weighted by Crippen LogP contribution is 2.45. The predicted molar refractivity (Wildman–Crippen MR) is 269 cm³/mol. The molecule has 0 radical (unpaired) electrons. The third-order valence-electron chi connectivity index (χ3n) is 13.8. The van der Waals surface area contributed by atoms with Crippen molar-refractivity contribution in [3.8, 4) is 39.1 Å². The second-order valence-electron chi connectivity index (χ2n) is 17.1. The molecule has 0 unspecified atom stereocenters. The van der Waals surface area contributed by atoms with Gasteiger partial charge in [-0.1, -0.05) is 158 Å².